The van der Waals surface area contributed by atoms with E-state index >= 15 is 0 Å². The van der Waals surface area contributed by atoms with Crippen molar-refractivity contribution in [3.8, 4) is 5.69 Å². The molecule has 0 saturated heterocycles. The third-order valence-electron chi connectivity index (χ3n) is 4.32. The van der Waals surface area contributed by atoms with E-state index in [-0.39, 0.29) is 12.2 Å². The molecule has 0 saturated carbocycles. The molecule has 2 N–H and O–H groups in total. The molecule has 0 unspecified atom stereocenters. The maximum atomic E-state index is 13.0. The highest BCUT2D eigenvalue weighted by atomic mass is 79.9. The van der Waals surface area contributed by atoms with Crippen LogP contribution in [0, 0.1) is 0 Å². The first-order valence-corrected chi connectivity index (χ1v) is 9.18. The molecule has 1 atom stereocenters. The second kappa shape index (κ2) is 7.81. The van der Waals surface area contributed by atoms with Crippen LogP contribution in [0.4, 0.5) is 0 Å². The van der Waals surface area contributed by atoms with Crippen molar-refractivity contribution in [1.29, 1.82) is 0 Å². The van der Waals surface area contributed by atoms with E-state index in [2.05, 4.69) is 15.9 Å². The van der Waals surface area contributed by atoms with E-state index in [9.17, 15) is 19.2 Å². The van der Waals surface area contributed by atoms with Crippen LogP contribution < -0.4 is 22.8 Å². The molecule has 2 aromatic carbocycles. The summed E-state index contributed by atoms with van der Waals surface area (Å²) >= 11 is 3.33. The summed E-state index contributed by atoms with van der Waals surface area (Å²) in [5.41, 5.74) is 3.67. The second-order valence-corrected chi connectivity index (χ2v) is 7.10. The average Bonchev–Trinajstić information content (AvgIpc) is 2.67. The van der Waals surface area contributed by atoms with Crippen molar-refractivity contribution in [2.24, 2.45) is 5.73 Å². The average molecular weight is 445 g/mol. The molecule has 1 aromatic heterocycles. The highest BCUT2D eigenvalue weighted by molar-refractivity contribution is 9.10. The minimum Gasteiger partial charge on any atom is -0.368 e. The van der Waals surface area contributed by atoms with Crippen LogP contribution in [0.2, 0.25) is 0 Å². The van der Waals surface area contributed by atoms with Gasteiger partial charge in [0.05, 0.1) is 12.2 Å². The largest absolute Gasteiger partial charge is 0.368 e. The molecule has 0 spiro atoms. The van der Waals surface area contributed by atoms with E-state index in [4.69, 9.17) is 5.73 Å². The third kappa shape index (κ3) is 3.61. The summed E-state index contributed by atoms with van der Waals surface area (Å²) in [5, 5.41) is 0. The predicted octanol–water partition coefficient (Wildman–Crippen LogP) is 1.02. The lowest BCUT2D eigenvalue weighted by molar-refractivity contribution is -0.120. The van der Waals surface area contributed by atoms with Crippen LogP contribution in [0.15, 0.2) is 73.5 Å². The zero-order valence-corrected chi connectivity index (χ0v) is 16.5. The van der Waals surface area contributed by atoms with E-state index in [1.54, 1.807) is 54.6 Å². The van der Waals surface area contributed by atoms with Crippen molar-refractivity contribution in [2.45, 2.75) is 19.5 Å². The van der Waals surface area contributed by atoms with Gasteiger partial charge in [-0.05, 0) is 36.8 Å². The Kier molecular flexibility index (Phi) is 5.46. The Hall–Kier alpha value is -3.20. The smallest absolute Gasteiger partial charge is 0.341 e. The summed E-state index contributed by atoms with van der Waals surface area (Å²) < 4.78 is 3.32. The van der Waals surface area contributed by atoms with Crippen LogP contribution in [0.3, 0.4) is 0 Å². The lowest BCUT2D eigenvalue weighted by atomic mass is 10.2. The molecule has 0 aliphatic heterocycles. The van der Waals surface area contributed by atoms with Gasteiger partial charge in [0.25, 0.3) is 0 Å². The number of nitrogens with zero attached hydrogens (tertiary/aromatic N) is 3. The fraction of sp³-hybridized carbons (Fsp3) is 0.158. The van der Waals surface area contributed by atoms with E-state index in [1.165, 1.54) is 6.92 Å². The number of amides is 1. The maximum absolute atomic E-state index is 13.0. The van der Waals surface area contributed by atoms with Gasteiger partial charge in [-0.1, -0.05) is 46.3 Å². The van der Waals surface area contributed by atoms with Crippen molar-refractivity contribution in [2.75, 3.05) is 0 Å². The molecule has 3 aromatic rings. The van der Waals surface area contributed by atoms with Crippen LogP contribution in [0.25, 0.3) is 5.69 Å². The molecule has 9 heteroatoms. The Morgan fingerprint density at radius 1 is 0.964 bits per heavy atom. The Labute approximate surface area is 167 Å². The van der Waals surface area contributed by atoms with Gasteiger partial charge in [0.15, 0.2) is 0 Å². The number of primary amides is 1. The lowest BCUT2D eigenvalue weighted by Gasteiger charge is -2.16. The minimum atomic E-state index is -1.22. The van der Waals surface area contributed by atoms with Gasteiger partial charge < -0.3 is 5.73 Å². The van der Waals surface area contributed by atoms with Gasteiger partial charge in [0.1, 0.15) is 6.04 Å². The van der Waals surface area contributed by atoms with Crippen LogP contribution in [-0.4, -0.2) is 19.6 Å². The fourth-order valence-electron chi connectivity index (χ4n) is 2.77. The molecule has 3 rings (SSSR count). The molecular formula is C19H17BrN4O4. The normalized spacial score (nSPS) is 11.9. The first kappa shape index (κ1) is 19.6. The molecular weight excluding hydrogens is 428 g/mol. The number of hydrogen-bond donors (Lipinski definition) is 1. The van der Waals surface area contributed by atoms with Gasteiger partial charge in [0, 0.05) is 4.47 Å². The van der Waals surface area contributed by atoms with Gasteiger partial charge in [-0.25, -0.2) is 28.1 Å². The number of rotatable bonds is 5. The monoisotopic (exact) mass is 444 g/mol. The third-order valence-corrected chi connectivity index (χ3v) is 4.85. The van der Waals surface area contributed by atoms with E-state index in [0.29, 0.717) is 10.1 Å². The Morgan fingerprint density at radius 2 is 1.57 bits per heavy atom. The highest BCUT2D eigenvalue weighted by Gasteiger charge is 2.23. The predicted molar refractivity (Wildman–Crippen MR) is 108 cm³/mol. The van der Waals surface area contributed by atoms with Gasteiger partial charge in [-0.3, -0.25) is 4.79 Å². The number of carbonyl (C=O) groups is 1. The first-order chi connectivity index (χ1) is 13.3. The molecule has 28 heavy (non-hydrogen) atoms. The standard InChI is InChI=1S/C19H17BrN4O4/c1-12(16(21)25)23-17(26)22(11-13-7-9-14(20)10-8-13)18(27)24(19(23)28)15-5-3-2-4-6-15/h2-10,12H,11H2,1H3,(H2,21,25)/t12-/m0/s1. The number of aromatic nitrogens is 3. The van der Waals surface area contributed by atoms with Gasteiger partial charge >= 0.3 is 17.1 Å². The molecule has 0 fully saturated rings. The SMILES string of the molecule is C[C@@H](C(N)=O)n1c(=O)n(Cc2ccc(Br)cc2)c(=O)n(-c2ccccc2)c1=O. The molecule has 0 aliphatic rings. The van der Waals surface area contributed by atoms with E-state index in [1.807, 2.05) is 0 Å². The van der Waals surface area contributed by atoms with Crippen molar-refractivity contribution in [3.63, 3.8) is 0 Å². The number of benzene rings is 2. The van der Waals surface area contributed by atoms with Crippen LogP contribution in [-0.2, 0) is 11.3 Å². The van der Waals surface area contributed by atoms with Crippen molar-refractivity contribution in [1.82, 2.24) is 13.7 Å². The summed E-state index contributed by atoms with van der Waals surface area (Å²) in [5.74, 6) is -0.854. The molecule has 0 radical (unpaired) electrons. The highest BCUT2D eigenvalue weighted by Crippen LogP contribution is 2.11. The topological polar surface area (TPSA) is 109 Å². The lowest BCUT2D eigenvalue weighted by Crippen LogP contribution is -2.56. The number of nitrogens with two attached hydrogens (primary N) is 1. The van der Waals surface area contributed by atoms with Crippen molar-refractivity contribution >= 4 is 21.8 Å². The van der Waals surface area contributed by atoms with Crippen molar-refractivity contribution < 1.29 is 4.79 Å². The van der Waals surface area contributed by atoms with Crippen LogP contribution in [0.1, 0.15) is 18.5 Å². The number of carbonyl (C=O) groups excluding carboxylic acids is 1. The van der Waals surface area contributed by atoms with Crippen LogP contribution >= 0.6 is 15.9 Å². The summed E-state index contributed by atoms with van der Waals surface area (Å²) in [6.45, 7) is 1.28. The Morgan fingerprint density at radius 3 is 2.14 bits per heavy atom. The molecule has 1 amide bonds. The number of halogens is 1. The van der Waals surface area contributed by atoms with Crippen molar-refractivity contribution in [3.05, 3.63) is 96.1 Å². The van der Waals surface area contributed by atoms with Gasteiger partial charge in [-0.2, -0.15) is 0 Å². The molecule has 144 valence electrons. The van der Waals surface area contributed by atoms with Crippen LogP contribution in [0.5, 0.6) is 0 Å². The molecule has 1 heterocycles. The molecule has 8 nitrogen and oxygen atoms in total. The minimum absolute atomic E-state index is 0.0659. The fourth-order valence-corrected chi connectivity index (χ4v) is 3.03. The summed E-state index contributed by atoms with van der Waals surface area (Å²) in [6, 6.07) is 14.0. The quantitative estimate of drug-likeness (QED) is 0.633. The zero-order chi connectivity index (χ0) is 20.4. The summed E-state index contributed by atoms with van der Waals surface area (Å²) in [4.78, 5) is 50.5. The number of hydrogen-bond acceptors (Lipinski definition) is 4. The summed E-state index contributed by atoms with van der Waals surface area (Å²) in [7, 11) is 0. The summed E-state index contributed by atoms with van der Waals surface area (Å²) in [6.07, 6.45) is 0. The van der Waals surface area contributed by atoms with E-state index in [0.717, 1.165) is 13.6 Å². The Balaban J connectivity index is 2.32. The molecule has 0 bridgehead atoms. The van der Waals surface area contributed by atoms with Gasteiger partial charge in [-0.15, -0.1) is 0 Å². The number of para-hydroxylation sites is 1. The first-order valence-electron chi connectivity index (χ1n) is 8.39. The molecule has 0 aliphatic carbocycles. The second-order valence-electron chi connectivity index (χ2n) is 6.18. The maximum Gasteiger partial charge on any atom is 0.341 e. The Bertz CT molecular complexity index is 1190. The zero-order valence-electron chi connectivity index (χ0n) is 14.9. The van der Waals surface area contributed by atoms with E-state index < -0.39 is 29.0 Å². The van der Waals surface area contributed by atoms with Gasteiger partial charge in [0.2, 0.25) is 5.91 Å².